The second-order valence-corrected chi connectivity index (χ2v) is 9.29. The summed E-state index contributed by atoms with van der Waals surface area (Å²) < 4.78 is 2.39. The molecule has 1 saturated heterocycles. The highest BCUT2D eigenvalue weighted by atomic mass is 32.1. The van der Waals surface area contributed by atoms with Crippen LogP contribution in [0, 0.1) is 6.92 Å². The minimum Gasteiger partial charge on any atom is -0.369 e. The molecule has 1 aliphatic carbocycles. The second-order valence-electron chi connectivity index (χ2n) is 8.68. The van der Waals surface area contributed by atoms with Gasteiger partial charge in [-0.25, -0.2) is 4.98 Å². The topological polar surface area (TPSA) is 58.0 Å². The number of hydrogen-bond donors (Lipinski definition) is 2. The van der Waals surface area contributed by atoms with Gasteiger partial charge in [0.25, 0.3) is 0 Å². The Balaban J connectivity index is 1.45. The number of rotatable bonds is 5. The lowest BCUT2D eigenvalue weighted by molar-refractivity contribution is 0.529. The van der Waals surface area contributed by atoms with Crippen LogP contribution in [0.25, 0.3) is 11.0 Å². The van der Waals surface area contributed by atoms with Gasteiger partial charge < -0.3 is 20.1 Å². The summed E-state index contributed by atoms with van der Waals surface area (Å²) in [6.45, 7) is 8.34. The van der Waals surface area contributed by atoms with E-state index in [4.69, 9.17) is 17.2 Å². The lowest BCUT2D eigenvalue weighted by atomic mass is 10.1. The average Bonchev–Trinajstić information content (AvgIpc) is 3.41. The molecule has 0 unspecified atom stereocenters. The van der Waals surface area contributed by atoms with Crippen molar-refractivity contribution in [3.63, 3.8) is 0 Å². The van der Waals surface area contributed by atoms with E-state index in [9.17, 15) is 0 Å². The third-order valence-corrected chi connectivity index (χ3v) is 6.82. The smallest absolute Gasteiger partial charge is 0.229 e. The summed E-state index contributed by atoms with van der Waals surface area (Å²) in [6, 6.07) is 9.04. The molecule has 7 heteroatoms. The molecule has 0 atom stereocenters. The van der Waals surface area contributed by atoms with Crippen LogP contribution in [-0.2, 0) is 0 Å². The molecule has 6 nitrogen and oxygen atoms in total. The van der Waals surface area contributed by atoms with Crippen molar-refractivity contribution in [3.8, 4) is 0 Å². The SMILES string of the molecule is CC(=S)c1c(C)c2cnc(Nc3ccc(N4CCNCC4)cc3)nc2n1C1CCCC1. The first-order chi connectivity index (χ1) is 15.1. The number of aryl methyl sites for hydroxylation is 1. The summed E-state index contributed by atoms with van der Waals surface area (Å²) in [5.41, 5.74) is 5.61. The maximum absolute atomic E-state index is 5.62. The number of hydrogen-bond acceptors (Lipinski definition) is 6. The van der Waals surface area contributed by atoms with Crippen molar-refractivity contribution >= 4 is 45.4 Å². The molecule has 2 N–H and O–H groups in total. The molecule has 1 aromatic carbocycles. The van der Waals surface area contributed by atoms with Gasteiger partial charge in [-0.2, -0.15) is 4.98 Å². The number of benzene rings is 1. The summed E-state index contributed by atoms with van der Waals surface area (Å²) in [4.78, 5) is 12.9. The van der Waals surface area contributed by atoms with E-state index in [0.717, 1.165) is 53.5 Å². The number of piperazine rings is 1. The number of aromatic nitrogens is 3. The van der Waals surface area contributed by atoms with Crippen molar-refractivity contribution in [1.29, 1.82) is 0 Å². The Bertz CT molecular complexity index is 1090. The molecule has 3 aromatic rings. The second kappa shape index (κ2) is 8.55. The van der Waals surface area contributed by atoms with E-state index < -0.39 is 0 Å². The van der Waals surface area contributed by atoms with Gasteiger partial charge in [-0.1, -0.05) is 25.1 Å². The zero-order valence-electron chi connectivity index (χ0n) is 18.3. The average molecular weight is 435 g/mol. The van der Waals surface area contributed by atoms with E-state index >= 15 is 0 Å². The quantitative estimate of drug-likeness (QED) is 0.447. The summed E-state index contributed by atoms with van der Waals surface area (Å²) in [5.74, 6) is 0.632. The number of nitrogens with one attached hydrogen (secondary N) is 2. The molecule has 162 valence electrons. The molecule has 0 radical (unpaired) electrons. The molecule has 2 aromatic heterocycles. The highest BCUT2D eigenvalue weighted by Gasteiger charge is 2.25. The Morgan fingerprint density at radius 3 is 2.52 bits per heavy atom. The van der Waals surface area contributed by atoms with Crippen molar-refractivity contribution in [2.24, 2.45) is 0 Å². The normalized spacial score (nSPS) is 17.4. The molecule has 1 aliphatic heterocycles. The van der Waals surface area contributed by atoms with E-state index in [1.165, 1.54) is 36.9 Å². The van der Waals surface area contributed by atoms with Crippen molar-refractivity contribution in [2.75, 3.05) is 36.4 Å². The Morgan fingerprint density at radius 1 is 1.13 bits per heavy atom. The van der Waals surface area contributed by atoms with Gasteiger partial charge >= 0.3 is 0 Å². The van der Waals surface area contributed by atoms with Crippen molar-refractivity contribution in [2.45, 2.75) is 45.6 Å². The summed E-state index contributed by atoms with van der Waals surface area (Å²) >= 11 is 5.62. The molecule has 2 fully saturated rings. The summed E-state index contributed by atoms with van der Waals surface area (Å²) in [7, 11) is 0. The first-order valence-electron chi connectivity index (χ1n) is 11.3. The van der Waals surface area contributed by atoms with E-state index in [1.807, 2.05) is 13.1 Å². The first-order valence-corrected chi connectivity index (χ1v) is 11.7. The van der Waals surface area contributed by atoms with Gasteiger partial charge in [0.2, 0.25) is 5.95 Å². The van der Waals surface area contributed by atoms with Gasteiger partial charge in [0.1, 0.15) is 5.65 Å². The van der Waals surface area contributed by atoms with Crippen LogP contribution in [0.1, 0.15) is 49.9 Å². The molecular formula is C24H30N6S. The molecule has 2 aliphatic rings. The summed E-state index contributed by atoms with van der Waals surface area (Å²) in [6.07, 6.45) is 6.88. The predicted molar refractivity (Wildman–Crippen MR) is 132 cm³/mol. The Morgan fingerprint density at radius 2 is 1.84 bits per heavy atom. The highest BCUT2D eigenvalue weighted by Crippen LogP contribution is 2.37. The summed E-state index contributed by atoms with van der Waals surface area (Å²) in [5, 5.41) is 7.90. The van der Waals surface area contributed by atoms with Gasteiger partial charge in [-0.15, -0.1) is 0 Å². The fraction of sp³-hybridized carbons (Fsp3) is 0.458. The maximum Gasteiger partial charge on any atom is 0.229 e. The van der Waals surface area contributed by atoms with Crippen molar-refractivity contribution < 1.29 is 0 Å². The van der Waals surface area contributed by atoms with Gasteiger partial charge in [0, 0.05) is 60.0 Å². The van der Waals surface area contributed by atoms with E-state index in [-0.39, 0.29) is 0 Å². The number of fused-ring (bicyclic) bond motifs is 1. The molecule has 31 heavy (non-hydrogen) atoms. The van der Waals surface area contributed by atoms with Gasteiger partial charge in [0.15, 0.2) is 0 Å². The van der Waals surface area contributed by atoms with Crippen LogP contribution in [0.5, 0.6) is 0 Å². The van der Waals surface area contributed by atoms with Gasteiger partial charge in [-0.05, 0) is 56.5 Å². The monoisotopic (exact) mass is 434 g/mol. The third kappa shape index (κ3) is 3.92. The molecule has 3 heterocycles. The van der Waals surface area contributed by atoms with E-state index in [2.05, 4.69) is 56.3 Å². The van der Waals surface area contributed by atoms with E-state index in [1.54, 1.807) is 0 Å². The van der Waals surface area contributed by atoms with Gasteiger partial charge in [0.05, 0.1) is 5.69 Å². The van der Waals surface area contributed by atoms with Gasteiger partial charge in [-0.3, -0.25) is 0 Å². The fourth-order valence-corrected chi connectivity index (χ4v) is 5.31. The van der Waals surface area contributed by atoms with Crippen molar-refractivity contribution in [3.05, 3.63) is 41.7 Å². The molecular weight excluding hydrogens is 404 g/mol. The van der Waals surface area contributed by atoms with Crippen LogP contribution in [0.15, 0.2) is 30.5 Å². The zero-order valence-corrected chi connectivity index (χ0v) is 19.1. The lowest BCUT2D eigenvalue weighted by Crippen LogP contribution is -2.43. The largest absolute Gasteiger partial charge is 0.369 e. The van der Waals surface area contributed by atoms with Crippen LogP contribution in [0.3, 0.4) is 0 Å². The molecule has 0 bridgehead atoms. The zero-order chi connectivity index (χ0) is 21.4. The minimum absolute atomic E-state index is 0.477. The predicted octanol–water partition coefficient (Wildman–Crippen LogP) is 4.75. The van der Waals surface area contributed by atoms with Crippen LogP contribution < -0.4 is 15.5 Å². The number of thiocarbonyl (C=S) groups is 1. The van der Waals surface area contributed by atoms with Crippen molar-refractivity contribution in [1.82, 2.24) is 19.9 Å². The first kappa shape index (κ1) is 20.4. The van der Waals surface area contributed by atoms with E-state index in [0.29, 0.717) is 12.0 Å². The molecule has 0 spiro atoms. The van der Waals surface area contributed by atoms with Crippen LogP contribution >= 0.6 is 12.2 Å². The molecule has 1 saturated carbocycles. The number of anilines is 3. The van der Waals surface area contributed by atoms with Crippen LogP contribution in [-0.4, -0.2) is 45.6 Å². The fourth-order valence-electron chi connectivity index (χ4n) is 5.05. The lowest BCUT2D eigenvalue weighted by Gasteiger charge is -2.29. The Kier molecular flexibility index (Phi) is 5.63. The molecule has 0 amide bonds. The Labute approximate surface area is 189 Å². The Hall–Kier alpha value is -2.51. The third-order valence-electron chi connectivity index (χ3n) is 6.63. The van der Waals surface area contributed by atoms with Crippen LogP contribution in [0.4, 0.5) is 17.3 Å². The highest BCUT2D eigenvalue weighted by molar-refractivity contribution is 7.80. The molecule has 5 rings (SSSR count). The van der Waals surface area contributed by atoms with Crippen LogP contribution in [0.2, 0.25) is 0 Å². The minimum atomic E-state index is 0.477. The number of nitrogens with zero attached hydrogens (tertiary/aromatic N) is 4. The standard InChI is InChI=1S/C24H30N6S/c1-16-21-15-26-24(27-18-7-9-19(10-8-18)29-13-11-25-12-14-29)28-23(21)30(22(16)17(2)31)20-5-3-4-6-20/h7-10,15,20,25H,3-6,11-14H2,1-2H3,(H,26,27,28). The maximum atomic E-state index is 5.62.